The minimum Gasteiger partial charge on any atom is -0.390 e. The Labute approximate surface area is 94.0 Å². The van der Waals surface area contributed by atoms with Crippen molar-refractivity contribution in [2.45, 2.75) is 6.92 Å². The van der Waals surface area contributed by atoms with Gasteiger partial charge in [-0.2, -0.15) is 0 Å². The van der Waals surface area contributed by atoms with E-state index in [-0.39, 0.29) is 5.57 Å². The van der Waals surface area contributed by atoms with Crippen molar-refractivity contribution in [1.29, 1.82) is 0 Å². The Morgan fingerprint density at radius 2 is 1.88 bits per heavy atom. The minimum absolute atomic E-state index is 0.138. The highest BCUT2D eigenvalue weighted by Crippen LogP contribution is 2.05. The molecule has 0 saturated carbocycles. The Balaban J connectivity index is 2.61. The zero-order valence-electron chi connectivity index (χ0n) is 8.97. The summed E-state index contributed by atoms with van der Waals surface area (Å²) in [4.78, 5) is 21.7. The van der Waals surface area contributed by atoms with Crippen molar-refractivity contribution in [2.75, 3.05) is 0 Å². The molecule has 0 aliphatic rings. The predicted octanol–water partition coefficient (Wildman–Crippen LogP) is 2.35. The molecule has 16 heavy (non-hydrogen) atoms. The maximum absolute atomic E-state index is 11.2. The van der Waals surface area contributed by atoms with Crippen molar-refractivity contribution in [3.8, 4) is 0 Å². The fourth-order valence-electron chi connectivity index (χ4n) is 1.03. The van der Waals surface area contributed by atoms with Crippen molar-refractivity contribution >= 4 is 18.0 Å². The molecule has 3 heteroatoms. The van der Waals surface area contributed by atoms with E-state index in [0.717, 1.165) is 5.56 Å². The lowest BCUT2D eigenvalue weighted by atomic mass is 10.2. The van der Waals surface area contributed by atoms with Crippen molar-refractivity contribution in [3.05, 3.63) is 54.1 Å². The van der Waals surface area contributed by atoms with E-state index in [2.05, 4.69) is 11.3 Å². The summed E-state index contributed by atoms with van der Waals surface area (Å²) in [5.41, 5.74) is 1.08. The maximum atomic E-state index is 11.2. The molecule has 0 saturated heterocycles. The van der Waals surface area contributed by atoms with Gasteiger partial charge in [-0.05, 0) is 11.6 Å². The number of esters is 2. The van der Waals surface area contributed by atoms with Crippen molar-refractivity contribution < 1.29 is 14.3 Å². The summed E-state index contributed by atoms with van der Waals surface area (Å²) in [6.07, 6.45) is 3.24. The smallest absolute Gasteiger partial charge is 0.345 e. The van der Waals surface area contributed by atoms with E-state index in [1.807, 2.05) is 30.3 Å². The minimum atomic E-state index is -0.723. The van der Waals surface area contributed by atoms with Gasteiger partial charge in [0.25, 0.3) is 0 Å². The average molecular weight is 216 g/mol. The van der Waals surface area contributed by atoms with Crippen LogP contribution in [0.25, 0.3) is 6.08 Å². The van der Waals surface area contributed by atoms with Crippen LogP contribution in [0.1, 0.15) is 12.5 Å². The number of hydrogen-bond acceptors (Lipinski definition) is 3. The molecule has 1 rings (SSSR count). The average Bonchev–Trinajstić information content (AvgIpc) is 2.26. The van der Waals surface area contributed by atoms with Gasteiger partial charge in [0.1, 0.15) is 0 Å². The molecule has 0 fully saturated rings. The highest BCUT2D eigenvalue weighted by atomic mass is 16.6. The topological polar surface area (TPSA) is 43.4 Å². The van der Waals surface area contributed by atoms with E-state index in [1.165, 1.54) is 13.0 Å². The number of carbonyl (C=O) groups is 2. The van der Waals surface area contributed by atoms with Gasteiger partial charge >= 0.3 is 11.9 Å². The van der Waals surface area contributed by atoms with Gasteiger partial charge < -0.3 is 4.74 Å². The van der Waals surface area contributed by atoms with Crippen LogP contribution in [-0.4, -0.2) is 11.9 Å². The van der Waals surface area contributed by atoms with Gasteiger partial charge in [0, 0.05) is 6.92 Å². The molecule has 0 aliphatic carbocycles. The van der Waals surface area contributed by atoms with Crippen LogP contribution in [0.5, 0.6) is 0 Å². The fraction of sp³-hybridized carbons (Fsp3) is 0.0769. The second-order valence-electron chi connectivity index (χ2n) is 3.15. The summed E-state index contributed by atoms with van der Waals surface area (Å²) < 4.78 is 4.37. The van der Waals surface area contributed by atoms with Crippen LogP contribution in [0.4, 0.5) is 0 Å². The van der Waals surface area contributed by atoms with Crippen LogP contribution < -0.4 is 0 Å². The molecule has 3 nitrogen and oxygen atoms in total. The van der Waals surface area contributed by atoms with Crippen LogP contribution in [0.15, 0.2) is 48.6 Å². The number of ether oxygens (including phenoxy) is 1. The zero-order valence-corrected chi connectivity index (χ0v) is 8.97. The molecule has 0 amide bonds. The highest BCUT2D eigenvalue weighted by Gasteiger charge is 2.07. The van der Waals surface area contributed by atoms with E-state index in [0.29, 0.717) is 0 Å². The van der Waals surface area contributed by atoms with Crippen LogP contribution in [-0.2, 0) is 14.3 Å². The molecule has 0 heterocycles. The normalized spacial score (nSPS) is 10.1. The van der Waals surface area contributed by atoms with Gasteiger partial charge in [0.05, 0.1) is 5.57 Å². The molecule has 0 unspecified atom stereocenters. The first-order valence-corrected chi connectivity index (χ1v) is 4.74. The Bertz CT molecular complexity index is 430. The first-order valence-electron chi connectivity index (χ1n) is 4.74. The first kappa shape index (κ1) is 11.9. The Morgan fingerprint density at radius 1 is 1.25 bits per heavy atom. The zero-order chi connectivity index (χ0) is 12.0. The third kappa shape index (κ3) is 3.92. The summed E-state index contributed by atoms with van der Waals surface area (Å²) in [5.74, 6) is -1.36. The van der Waals surface area contributed by atoms with Crippen LogP contribution >= 0.6 is 0 Å². The Kier molecular flexibility index (Phi) is 4.21. The fourth-order valence-corrected chi connectivity index (χ4v) is 1.03. The molecule has 1 aromatic carbocycles. The standard InChI is InChI=1S/C13H12O3/c1-10(13(15)16-11(2)14)8-9-12-6-4-3-5-7-12/h3-9H,1H2,2H3. The van der Waals surface area contributed by atoms with Crippen molar-refractivity contribution in [1.82, 2.24) is 0 Å². The van der Waals surface area contributed by atoms with Gasteiger partial charge in [0.15, 0.2) is 0 Å². The number of carbonyl (C=O) groups excluding carboxylic acids is 2. The van der Waals surface area contributed by atoms with E-state index < -0.39 is 11.9 Å². The first-order chi connectivity index (χ1) is 7.59. The molecular formula is C13H12O3. The van der Waals surface area contributed by atoms with Crippen LogP contribution in [0, 0.1) is 0 Å². The van der Waals surface area contributed by atoms with E-state index in [4.69, 9.17) is 0 Å². The molecule has 0 bridgehead atoms. The number of benzene rings is 1. The van der Waals surface area contributed by atoms with Crippen molar-refractivity contribution in [2.24, 2.45) is 0 Å². The second-order valence-corrected chi connectivity index (χ2v) is 3.15. The molecule has 82 valence electrons. The lowest BCUT2D eigenvalue weighted by molar-refractivity contribution is -0.154. The van der Waals surface area contributed by atoms with Gasteiger partial charge in [-0.3, -0.25) is 4.79 Å². The van der Waals surface area contributed by atoms with Gasteiger partial charge in [-0.15, -0.1) is 0 Å². The monoisotopic (exact) mass is 216 g/mol. The third-order valence-corrected chi connectivity index (χ3v) is 1.78. The molecule has 0 N–H and O–H groups in total. The van der Waals surface area contributed by atoms with E-state index in [9.17, 15) is 9.59 Å². The Hall–Kier alpha value is -2.16. The molecule has 1 aromatic rings. The van der Waals surface area contributed by atoms with Gasteiger partial charge in [-0.25, -0.2) is 4.79 Å². The summed E-state index contributed by atoms with van der Waals surface area (Å²) >= 11 is 0. The lowest BCUT2D eigenvalue weighted by Crippen LogP contribution is -2.09. The number of rotatable bonds is 3. The lowest BCUT2D eigenvalue weighted by Gasteiger charge is -1.98. The molecule has 0 spiro atoms. The summed E-state index contributed by atoms with van der Waals surface area (Å²) in [6, 6.07) is 9.45. The third-order valence-electron chi connectivity index (χ3n) is 1.78. The van der Waals surface area contributed by atoms with E-state index in [1.54, 1.807) is 6.08 Å². The maximum Gasteiger partial charge on any atom is 0.345 e. The van der Waals surface area contributed by atoms with Crippen LogP contribution in [0.2, 0.25) is 0 Å². The largest absolute Gasteiger partial charge is 0.390 e. The molecule has 0 radical (unpaired) electrons. The second kappa shape index (κ2) is 5.66. The van der Waals surface area contributed by atoms with Gasteiger partial charge in [0.2, 0.25) is 0 Å². The molecule has 0 atom stereocenters. The molecular weight excluding hydrogens is 204 g/mol. The summed E-state index contributed by atoms with van der Waals surface area (Å²) in [5, 5.41) is 0. The van der Waals surface area contributed by atoms with Crippen molar-refractivity contribution in [3.63, 3.8) is 0 Å². The summed E-state index contributed by atoms with van der Waals surface area (Å²) in [6.45, 7) is 4.68. The molecule has 0 aliphatic heterocycles. The summed E-state index contributed by atoms with van der Waals surface area (Å²) in [7, 11) is 0. The Morgan fingerprint density at radius 3 is 2.44 bits per heavy atom. The highest BCUT2D eigenvalue weighted by molar-refractivity contribution is 5.98. The van der Waals surface area contributed by atoms with Gasteiger partial charge in [-0.1, -0.05) is 43.0 Å². The molecule has 0 aromatic heterocycles. The van der Waals surface area contributed by atoms with Crippen LogP contribution in [0.3, 0.4) is 0 Å². The SMILES string of the molecule is C=C(C=Cc1ccccc1)C(=O)OC(C)=O. The van der Waals surface area contributed by atoms with E-state index >= 15 is 0 Å². The quantitative estimate of drug-likeness (QED) is 0.337. The number of hydrogen-bond donors (Lipinski definition) is 0. The predicted molar refractivity (Wildman–Crippen MR) is 61.4 cm³/mol.